The Hall–Kier alpha value is -0.540. The van der Waals surface area contributed by atoms with E-state index in [4.69, 9.17) is 4.74 Å². The van der Waals surface area contributed by atoms with Crippen molar-refractivity contribution >= 4 is 15.9 Å². The monoisotopic (exact) mass is 354 g/mol. The maximum absolute atomic E-state index is 11.2. The maximum atomic E-state index is 11.2. The Morgan fingerprint density at radius 1 is 1.10 bits per heavy atom. The topological polar surface area (TPSA) is 29.5 Å². The standard InChI is InChI=1S/C18H27BrO2/c1-16(2)10-17(3,4)12-18(20,11-16)9-13-8-14(19)6-7-15(13)21-5/h6-8,20H,9-12H2,1-5H3. The molecule has 1 fully saturated rings. The number of hydrogen-bond acceptors (Lipinski definition) is 2. The van der Waals surface area contributed by atoms with Gasteiger partial charge in [0.2, 0.25) is 0 Å². The van der Waals surface area contributed by atoms with Gasteiger partial charge in [-0.25, -0.2) is 0 Å². The molecule has 0 unspecified atom stereocenters. The van der Waals surface area contributed by atoms with Crippen molar-refractivity contribution in [2.45, 2.75) is 59.0 Å². The molecule has 21 heavy (non-hydrogen) atoms. The van der Waals surface area contributed by atoms with Gasteiger partial charge in [0.05, 0.1) is 12.7 Å². The van der Waals surface area contributed by atoms with Gasteiger partial charge in [0.25, 0.3) is 0 Å². The summed E-state index contributed by atoms with van der Waals surface area (Å²) in [7, 11) is 1.69. The highest BCUT2D eigenvalue weighted by Gasteiger charge is 2.46. The van der Waals surface area contributed by atoms with E-state index in [2.05, 4.69) is 49.7 Å². The fourth-order valence-electron chi connectivity index (χ4n) is 4.63. The van der Waals surface area contributed by atoms with Gasteiger partial charge in [-0.2, -0.15) is 0 Å². The van der Waals surface area contributed by atoms with E-state index in [1.165, 1.54) is 0 Å². The highest BCUT2D eigenvalue weighted by atomic mass is 79.9. The van der Waals surface area contributed by atoms with Gasteiger partial charge in [0, 0.05) is 10.9 Å². The first-order chi connectivity index (χ1) is 9.54. The Bertz CT molecular complexity index is 504. The molecule has 2 nitrogen and oxygen atoms in total. The zero-order valence-electron chi connectivity index (χ0n) is 13.8. The minimum Gasteiger partial charge on any atom is -0.496 e. The first-order valence-electron chi connectivity index (χ1n) is 7.59. The molecule has 0 saturated heterocycles. The van der Waals surface area contributed by atoms with Crippen LogP contribution in [0, 0.1) is 10.8 Å². The summed E-state index contributed by atoms with van der Waals surface area (Å²) in [6, 6.07) is 5.99. The molecule has 0 bridgehead atoms. The highest BCUT2D eigenvalue weighted by Crippen LogP contribution is 2.51. The number of benzene rings is 1. The smallest absolute Gasteiger partial charge is 0.122 e. The van der Waals surface area contributed by atoms with Crippen LogP contribution in [0.25, 0.3) is 0 Å². The van der Waals surface area contributed by atoms with E-state index in [0.29, 0.717) is 6.42 Å². The number of methoxy groups -OCH3 is 1. The van der Waals surface area contributed by atoms with E-state index in [1.807, 2.05) is 12.1 Å². The van der Waals surface area contributed by atoms with Crippen LogP contribution in [-0.2, 0) is 6.42 Å². The van der Waals surface area contributed by atoms with Gasteiger partial charge >= 0.3 is 0 Å². The zero-order chi connectivity index (χ0) is 15.9. The Morgan fingerprint density at radius 2 is 1.67 bits per heavy atom. The third-order valence-corrected chi connectivity index (χ3v) is 4.83. The third-order valence-electron chi connectivity index (χ3n) is 4.33. The summed E-state index contributed by atoms with van der Waals surface area (Å²) >= 11 is 3.52. The van der Waals surface area contributed by atoms with Gasteiger partial charge in [-0.1, -0.05) is 43.6 Å². The van der Waals surface area contributed by atoms with Crippen molar-refractivity contribution in [3.8, 4) is 5.75 Å². The minimum atomic E-state index is -0.667. The van der Waals surface area contributed by atoms with Crippen molar-refractivity contribution in [1.82, 2.24) is 0 Å². The number of halogens is 1. The van der Waals surface area contributed by atoms with Crippen molar-refractivity contribution in [3.05, 3.63) is 28.2 Å². The second kappa shape index (κ2) is 5.58. The van der Waals surface area contributed by atoms with E-state index in [9.17, 15) is 5.11 Å². The molecule has 1 aromatic carbocycles. The molecular weight excluding hydrogens is 328 g/mol. The van der Waals surface area contributed by atoms with Crippen LogP contribution in [0.2, 0.25) is 0 Å². The third kappa shape index (κ3) is 4.23. The molecule has 1 saturated carbocycles. The van der Waals surface area contributed by atoms with Gasteiger partial charge in [-0.3, -0.25) is 0 Å². The summed E-state index contributed by atoms with van der Waals surface area (Å²) in [5.74, 6) is 0.854. The van der Waals surface area contributed by atoms with Crippen LogP contribution in [0.1, 0.15) is 52.5 Å². The zero-order valence-corrected chi connectivity index (χ0v) is 15.4. The lowest BCUT2D eigenvalue weighted by molar-refractivity contribution is -0.0853. The molecule has 2 rings (SSSR count). The molecule has 1 aromatic rings. The van der Waals surface area contributed by atoms with Crippen molar-refractivity contribution in [1.29, 1.82) is 0 Å². The second-order valence-corrected chi connectivity index (χ2v) is 9.13. The van der Waals surface area contributed by atoms with Gasteiger partial charge in [0.15, 0.2) is 0 Å². The normalized spacial score (nSPS) is 22.8. The van der Waals surface area contributed by atoms with Gasteiger partial charge in [0.1, 0.15) is 5.75 Å². The predicted molar refractivity (Wildman–Crippen MR) is 90.8 cm³/mol. The van der Waals surface area contributed by atoms with E-state index in [-0.39, 0.29) is 10.8 Å². The average molecular weight is 355 g/mol. The fourth-order valence-corrected chi connectivity index (χ4v) is 5.04. The lowest BCUT2D eigenvalue weighted by Crippen LogP contribution is -2.47. The lowest BCUT2D eigenvalue weighted by atomic mass is 9.58. The number of hydrogen-bond donors (Lipinski definition) is 1. The van der Waals surface area contributed by atoms with Crippen molar-refractivity contribution in [2.24, 2.45) is 10.8 Å². The van der Waals surface area contributed by atoms with E-state index in [1.54, 1.807) is 7.11 Å². The van der Waals surface area contributed by atoms with Crippen molar-refractivity contribution in [2.75, 3.05) is 7.11 Å². The molecule has 1 aliphatic carbocycles. The summed E-state index contributed by atoms with van der Waals surface area (Å²) in [6.45, 7) is 9.04. The summed E-state index contributed by atoms with van der Waals surface area (Å²) in [5, 5.41) is 11.2. The summed E-state index contributed by atoms with van der Waals surface area (Å²) in [6.07, 6.45) is 3.46. The highest BCUT2D eigenvalue weighted by molar-refractivity contribution is 9.10. The molecule has 3 heteroatoms. The quantitative estimate of drug-likeness (QED) is 0.830. The van der Waals surface area contributed by atoms with Crippen LogP contribution in [0.4, 0.5) is 0 Å². The van der Waals surface area contributed by atoms with Crippen LogP contribution < -0.4 is 4.74 Å². The van der Waals surface area contributed by atoms with E-state index < -0.39 is 5.60 Å². The first kappa shape index (κ1) is 16.8. The Kier molecular flexibility index (Phi) is 4.47. The maximum Gasteiger partial charge on any atom is 0.122 e. The second-order valence-electron chi connectivity index (χ2n) is 8.22. The fraction of sp³-hybridized carbons (Fsp3) is 0.667. The molecule has 0 radical (unpaired) electrons. The lowest BCUT2D eigenvalue weighted by Gasteiger charge is -2.49. The van der Waals surface area contributed by atoms with Crippen LogP contribution >= 0.6 is 15.9 Å². The molecule has 1 aliphatic rings. The minimum absolute atomic E-state index is 0.162. The van der Waals surface area contributed by atoms with Crippen LogP contribution in [0.3, 0.4) is 0 Å². The number of aliphatic hydroxyl groups is 1. The van der Waals surface area contributed by atoms with Crippen LogP contribution in [0.15, 0.2) is 22.7 Å². The summed E-state index contributed by atoms with van der Waals surface area (Å²) in [4.78, 5) is 0. The Balaban J connectivity index is 2.31. The Morgan fingerprint density at radius 3 is 2.19 bits per heavy atom. The molecule has 0 heterocycles. The van der Waals surface area contributed by atoms with Gasteiger partial charge in [-0.15, -0.1) is 0 Å². The van der Waals surface area contributed by atoms with Crippen molar-refractivity contribution in [3.63, 3.8) is 0 Å². The van der Waals surface area contributed by atoms with Gasteiger partial charge in [-0.05, 0) is 53.9 Å². The van der Waals surface area contributed by atoms with E-state index >= 15 is 0 Å². The molecule has 1 N–H and O–H groups in total. The number of ether oxygens (including phenoxy) is 1. The summed E-state index contributed by atoms with van der Waals surface area (Å²) < 4.78 is 6.48. The largest absolute Gasteiger partial charge is 0.496 e. The first-order valence-corrected chi connectivity index (χ1v) is 8.38. The van der Waals surface area contributed by atoms with Crippen molar-refractivity contribution < 1.29 is 9.84 Å². The van der Waals surface area contributed by atoms with Crippen LogP contribution in [-0.4, -0.2) is 17.8 Å². The molecular formula is C18H27BrO2. The molecule has 0 aromatic heterocycles. The molecule has 0 aliphatic heterocycles. The Labute approximate surface area is 137 Å². The molecule has 0 atom stereocenters. The molecule has 0 spiro atoms. The van der Waals surface area contributed by atoms with Crippen LogP contribution in [0.5, 0.6) is 5.75 Å². The molecule has 118 valence electrons. The van der Waals surface area contributed by atoms with E-state index in [0.717, 1.165) is 35.0 Å². The SMILES string of the molecule is COc1ccc(Br)cc1CC1(O)CC(C)(C)CC(C)(C)C1. The summed E-state index contributed by atoms with van der Waals surface area (Å²) in [5.41, 5.74) is 0.730. The average Bonchev–Trinajstić information content (AvgIpc) is 2.23. The van der Waals surface area contributed by atoms with Gasteiger partial charge < -0.3 is 9.84 Å². The predicted octanol–water partition coefficient (Wildman–Crippen LogP) is 4.97. The molecule has 0 amide bonds. The number of rotatable bonds is 3.